The molecule has 24 heavy (non-hydrogen) atoms. The monoisotopic (exact) mass is 389 g/mol. The van der Waals surface area contributed by atoms with E-state index in [1.807, 2.05) is 50.2 Å². The first-order valence-electron chi connectivity index (χ1n) is 7.57. The molecule has 0 bridgehead atoms. The smallest absolute Gasteiger partial charge is 0.315 e. The fourth-order valence-corrected chi connectivity index (χ4v) is 2.29. The van der Waals surface area contributed by atoms with E-state index in [0.717, 1.165) is 15.6 Å². The molecule has 0 spiro atoms. The van der Waals surface area contributed by atoms with E-state index in [4.69, 9.17) is 0 Å². The number of anilines is 1. The highest BCUT2D eigenvalue weighted by atomic mass is 79.9. The largest absolute Gasteiger partial charge is 0.334 e. The van der Waals surface area contributed by atoms with Crippen LogP contribution in [0.1, 0.15) is 16.7 Å². The number of aryl methyl sites for hydroxylation is 2. The maximum absolute atomic E-state index is 11.9. The van der Waals surface area contributed by atoms with E-state index in [9.17, 15) is 9.59 Å². The molecule has 0 unspecified atom stereocenters. The van der Waals surface area contributed by atoms with Gasteiger partial charge in [-0.2, -0.15) is 0 Å². The minimum atomic E-state index is -0.377. The Hall–Kier alpha value is -2.34. The molecule has 0 aliphatic rings. The van der Waals surface area contributed by atoms with Crippen molar-refractivity contribution in [3.05, 3.63) is 63.6 Å². The van der Waals surface area contributed by atoms with E-state index in [0.29, 0.717) is 12.2 Å². The Morgan fingerprint density at radius 1 is 1.00 bits per heavy atom. The fourth-order valence-electron chi connectivity index (χ4n) is 2.04. The lowest BCUT2D eigenvalue weighted by atomic mass is 10.1. The summed E-state index contributed by atoms with van der Waals surface area (Å²) in [5.41, 5.74) is 3.90. The maximum atomic E-state index is 11.9. The minimum Gasteiger partial charge on any atom is -0.334 e. The molecule has 2 aromatic carbocycles. The molecule has 0 radical (unpaired) electrons. The van der Waals surface area contributed by atoms with Gasteiger partial charge in [-0.15, -0.1) is 0 Å². The zero-order valence-corrected chi connectivity index (χ0v) is 15.2. The summed E-state index contributed by atoms with van der Waals surface area (Å²) in [6.45, 7) is 4.28. The number of rotatable bonds is 5. The van der Waals surface area contributed by atoms with E-state index in [1.165, 1.54) is 5.56 Å². The summed E-state index contributed by atoms with van der Waals surface area (Å²) >= 11 is 3.41. The molecule has 0 aliphatic heterocycles. The first kappa shape index (κ1) is 18.0. The predicted molar refractivity (Wildman–Crippen MR) is 98.9 cm³/mol. The summed E-state index contributed by atoms with van der Waals surface area (Å²) in [4.78, 5) is 23.6. The van der Waals surface area contributed by atoms with E-state index < -0.39 is 0 Å². The Bertz CT molecular complexity index is 730. The van der Waals surface area contributed by atoms with Crippen LogP contribution in [-0.2, 0) is 11.3 Å². The van der Waals surface area contributed by atoms with Crippen molar-refractivity contribution in [2.45, 2.75) is 20.4 Å². The normalized spacial score (nSPS) is 10.1. The summed E-state index contributed by atoms with van der Waals surface area (Å²) in [5.74, 6) is -0.276. The first-order chi connectivity index (χ1) is 11.4. The fraction of sp³-hybridized carbons (Fsp3) is 0.222. The number of carbonyl (C=O) groups is 2. The van der Waals surface area contributed by atoms with Gasteiger partial charge in [0.25, 0.3) is 0 Å². The number of amides is 3. The first-order valence-corrected chi connectivity index (χ1v) is 8.36. The van der Waals surface area contributed by atoms with Crippen LogP contribution < -0.4 is 16.0 Å². The number of hydrogen-bond acceptors (Lipinski definition) is 2. The van der Waals surface area contributed by atoms with Crippen molar-refractivity contribution >= 4 is 33.6 Å². The van der Waals surface area contributed by atoms with Crippen LogP contribution >= 0.6 is 15.9 Å². The second-order valence-electron chi connectivity index (χ2n) is 5.53. The number of carbonyl (C=O) groups excluding carboxylic acids is 2. The average Bonchev–Trinajstić information content (AvgIpc) is 2.56. The standard InChI is InChI=1S/C18H20BrN3O2/c1-12-3-5-14(6-4-12)10-20-18(24)21-11-17(23)22-15-7-8-16(19)13(2)9-15/h3-9H,10-11H2,1-2H3,(H,22,23)(H2,20,21,24). The summed E-state index contributed by atoms with van der Waals surface area (Å²) in [5, 5.41) is 8.00. The quantitative estimate of drug-likeness (QED) is 0.732. The lowest BCUT2D eigenvalue weighted by Crippen LogP contribution is -2.39. The van der Waals surface area contributed by atoms with Crippen molar-refractivity contribution < 1.29 is 9.59 Å². The third-order valence-corrected chi connectivity index (χ3v) is 4.31. The Morgan fingerprint density at radius 3 is 2.38 bits per heavy atom. The van der Waals surface area contributed by atoms with E-state index in [2.05, 4.69) is 31.9 Å². The van der Waals surface area contributed by atoms with Crippen LogP contribution in [0.4, 0.5) is 10.5 Å². The van der Waals surface area contributed by atoms with E-state index >= 15 is 0 Å². The van der Waals surface area contributed by atoms with Crippen molar-refractivity contribution in [2.75, 3.05) is 11.9 Å². The molecule has 0 heterocycles. The Labute approximate surface area is 150 Å². The van der Waals surface area contributed by atoms with Gasteiger partial charge < -0.3 is 16.0 Å². The molecule has 0 saturated heterocycles. The number of urea groups is 1. The lowest BCUT2D eigenvalue weighted by Gasteiger charge is -2.09. The zero-order chi connectivity index (χ0) is 17.5. The van der Waals surface area contributed by atoms with Gasteiger partial charge in [0.2, 0.25) is 5.91 Å². The molecule has 3 amide bonds. The van der Waals surface area contributed by atoms with Crippen LogP contribution in [0, 0.1) is 13.8 Å². The van der Waals surface area contributed by atoms with Gasteiger partial charge in [-0.1, -0.05) is 45.8 Å². The minimum absolute atomic E-state index is 0.0884. The van der Waals surface area contributed by atoms with Crippen molar-refractivity contribution in [1.29, 1.82) is 0 Å². The summed E-state index contributed by atoms with van der Waals surface area (Å²) < 4.78 is 0.981. The molecule has 0 aliphatic carbocycles. The molecule has 2 rings (SSSR count). The molecule has 5 nitrogen and oxygen atoms in total. The van der Waals surface area contributed by atoms with Gasteiger partial charge in [0.1, 0.15) is 0 Å². The molecule has 0 fully saturated rings. The molecular formula is C18H20BrN3O2. The molecule has 0 saturated carbocycles. The number of hydrogen-bond donors (Lipinski definition) is 3. The Balaban J connectivity index is 1.73. The van der Waals surface area contributed by atoms with Crippen LogP contribution in [0.15, 0.2) is 46.9 Å². The van der Waals surface area contributed by atoms with Crippen molar-refractivity contribution in [3.8, 4) is 0 Å². The van der Waals surface area contributed by atoms with E-state index in [1.54, 1.807) is 6.07 Å². The Morgan fingerprint density at radius 2 is 1.71 bits per heavy atom. The summed E-state index contributed by atoms with van der Waals surface area (Å²) in [6.07, 6.45) is 0. The van der Waals surface area contributed by atoms with Crippen LogP contribution in [0.2, 0.25) is 0 Å². The van der Waals surface area contributed by atoms with Crippen LogP contribution in [-0.4, -0.2) is 18.5 Å². The summed E-state index contributed by atoms with van der Waals surface area (Å²) in [6, 6.07) is 13.0. The van der Waals surface area contributed by atoms with Gasteiger partial charge in [0, 0.05) is 16.7 Å². The third kappa shape index (κ3) is 5.70. The molecule has 2 aromatic rings. The van der Waals surface area contributed by atoms with Gasteiger partial charge >= 0.3 is 6.03 Å². The molecule has 126 valence electrons. The van der Waals surface area contributed by atoms with Gasteiger partial charge in [0.05, 0.1) is 6.54 Å². The highest BCUT2D eigenvalue weighted by molar-refractivity contribution is 9.10. The van der Waals surface area contributed by atoms with Crippen LogP contribution in [0.25, 0.3) is 0 Å². The predicted octanol–water partition coefficient (Wildman–Crippen LogP) is 3.50. The molecule has 0 atom stereocenters. The number of benzene rings is 2. The third-order valence-electron chi connectivity index (χ3n) is 3.42. The number of nitrogens with one attached hydrogen (secondary N) is 3. The van der Waals surface area contributed by atoms with Gasteiger partial charge in [-0.05, 0) is 43.2 Å². The highest BCUT2D eigenvalue weighted by Gasteiger charge is 2.06. The van der Waals surface area contributed by atoms with Gasteiger partial charge in [-0.25, -0.2) is 4.79 Å². The van der Waals surface area contributed by atoms with Crippen molar-refractivity contribution in [2.24, 2.45) is 0 Å². The van der Waals surface area contributed by atoms with E-state index in [-0.39, 0.29) is 18.5 Å². The molecule has 3 N–H and O–H groups in total. The van der Waals surface area contributed by atoms with Crippen LogP contribution in [0.3, 0.4) is 0 Å². The van der Waals surface area contributed by atoms with Crippen molar-refractivity contribution in [1.82, 2.24) is 10.6 Å². The zero-order valence-electron chi connectivity index (χ0n) is 13.7. The number of halogens is 1. The summed E-state index contributed by atoms with van der Waals surface area (Å²) in [7, 11) is 0. The second-order valence-corrected chi connectivity index (χ2v) is 6.39. The average molecular weight is 390 g/mol. The topological polar surface area (TPSA) is 70.2 Å². The highest BCUT2D eigenvalue weighted by Crippen LogP contribution is 2.19. The lowest BCUT2D eigenvalue weighted by molar-refractivity contribution is -0.115. The van der Waals surface area contributed by atoms with Gasteiger partial charge in [0.15, 0.2) is 0 Å². The maximum Gasteiger partial charge on any atom is 0.315 e. The molecular weight excluding hydrogens is 370 g/mol. The Kier molecular flexibility index (Phi) is 6.37. The molecule has 0 aromatic heterocycles. The second kappa shape index (κ2) is 8.49. The van der Waals surface area contributed by atoms with Crippen molar-refractivity contribution in [3.63, 3.8) is 0 Å². The molecule has 6 heteroatoms. The van der Waals surface area contributed by atoms with Crippen LogP contribution in [0.5, 0.6) is 0 Å². The SMILES string of the molecule is Cc1ccc(CNC(=O)NCC(=O)Nc2ccc(Br)c(C)c2)cc1. The van der Waals surface area contributed by atoms with Gasteiger partial charge in [-0.3, -0.25) is 4.79 Å².